The van der Waals surface area contributed by atoms with Crippen LogP contribution in [0.2, 0.25) is 0 Å². The number of carbonyl (C=O) groups excluding carboxylic acids is 4. The van der Waals surface area contributed by atoms with Crippen LogP contribution in [0.1, 0.15) is 71.0 Å². The fraction of sp³-hybridized carbons (Fsp3) is 0.688. The Morgan fingerprint density at radius 2 is 1.73 bits per heavy atom. The molecule has 0 spiro atoms. The van der Waals surface area contributed by atoms with Crippen LogP contribution in [-0.4, -0.2) is 96.6 Å². The van der Waals surface area contributed by atoms with Crippen molar-refractivity contribution >= 4 is 23.4 Å². The van der Waals surface area contributed by atoms with Gasteiger partial charge in [0.05, 0.1) is 50.5 Å². The van der Waals surface area contributed by atoms with Gasteiger partial charge in [0.2, 0.25) is 11.8 Å². The number of rotatable bonds is 16. The maximum Gasteiger partial charge on any atom is 0.394 e. The summed E-state index contributed by atoms with van der Waals surface area (Å²) in [5.41, 5.74) is -0.799. The molecule has 5 atom stereocenters. The Morgan fingerprint density at radius 1 is 1.11 bits per heavy atom. The Kier molecular flexibility index (Phi) is 11.7. The zero-order chi connectivity index (χ0) is 32.8. The first-order valence-corrected chi connectivity index (χ1v) is 15.7. The highest BCUT2D eigenvalue weighted by Crippen LogP contribution is 2.35. The molecule has 250 valence electrons. The monoisotopic (exact) mass is 637 g/mol. The maximum atomic E-state index is 13.8. The number of hydrogen-bond acceptors (Lipinski definition) is 9. The van der Waals surface area contributed by atoms with Crippen molar-refractivity contribution in [3.63, 3.8) is 0 Å². The summed E-state index contributed by atoms with van der Waals surface area (Å²) in [5.74, 6) is -3.06. The molecular weight excluding hydrogens is 592 g/mol. The van der Waals surface area contributed by atoms with Crippen LogP contribution < -0.4 is 15.4 Å². The Labute approximate surface area is 262 Å². The summed E-state index contributed by atoms with van der Waals surface area (Å²) < 4.78 is 41.9. The maximum absolute atomic E-state index is 13.8. The third kappa shape index (κ3) is 10.2. The average molecular weight is 638 g/mol. The summed E-state index contributed by atoms with van der Waals surface area (Å²) in [4.78, 5) is 55.1. The van der Waals surface area contributed by atoms with Gasteiger partial charge in [-0.3, -0.25) is 24.1 Å². The first kappa shape index (κ1) is 34.9. The van der Waals surface area contributed by atoms with Crippen molar-refractivity contribution in [2.75, 3.05) is 39.5 Å². The minimum atomic E-state index is -3.42. The van der Waals surface area contributed by atoms with E-state index < -0.39 is 53.9 Å². The minimum Gasteiger partial charge on any atom is -0.433 e. The molecule has 1 aliphatic carbocycles. The number of benzene rings is 1. The second kappa shape index (κ2) is 15.1. The largest absolute Gasteiger partial charge is 0.433 e. The predicted molar refractivity (Wildman–Crippen MR) is 158 cm³/mol. The van der Waals surface area contributed by atoms with E-state index in [4.69, 9.17) is 9.47 Å². The van der Waals surface area contributed by atoms with Gasteiger partial charge in [0.25, 0.3) is 0 Å². The van der Waals surface area contributed by atoms with E-state index in [0.29, 0.717) is 39.6 Å². The molecule has 2 heterocycles. The molecule has 1 saturated carbocycles. The second-order valence-corrected chi connectivity index (χ2v) is 12.7. The number of morpholine rings is 1. The van der Waals surface area contributed by atoms with E-state index in [1.165, 1.54) is 31.2 Å². The van der Waals surface area contributed by atoms with Gasteiger partial charge in [0, 0.05) is 26.4 Å². The SMILES string of the molecule is CC(NC(=O)CN1CCOCC1)C(=O)CC(C(=O)NC(CC1CCCC1)C(=O)C1(C)CO1)C(O)c1ccc(OC(C)(F)F)cc1. The number of aliphatic hydroxyl groups excluding tert-OH is 1. The topological polar surface area (TPSA) is 147 Å². The van der Waals surface area contributed by atoms with Gasteiger partial charge in [0.15, 0.2) is 11.6 Å². The van der Waals surface area contributed by atoms with Crippen LogP contribution in [0.25, 0.3) is 0 Å². The molecule has 5 unspecified atom stereocenters. The van der Waals surface area contributed by atoms with Crippen molar-refractivity contribution in [3.8, 4) is 5.75 Å². The average Bonchev–Trinajstić information content (AvgIpc) is 3.52. The number of carbonyl (C=O) groups is 4. The first-order valence-electron chi connectivity index (χ1n) is 15.7. The lowest BCUT2D eigenvalue weighted by atomic mass is 9.87. The second-order valence-electron chi connectivity index (χ2n) is 12.7. The van der Waals surface area contributed by atoms with Crippen LogP contribution in [0.5, 0.6) is 5.75 Å². The Morgan fingerprint density at radius 3 is 2.31 bits per heavy atom. The van der Waals surface area contributed by atoms with Crippen molar-refractivity contribution < 1.29 is 47.3 Å². The molecule has 1 aromatic rings. The van der Waals surface area contributed by atoms with E-state index in [2.05, 4.69) is 15.4 Å². The Hall–Kier alpha value is -3.00. The molecule has 2 aliphatic heterocycles. The standard InChI is InChI=1S/C32H45F2N3O8/c1-20(35-27(39)18-37-12-14-43-15-13-37)26(38)17-24(28(40)22-8-10-23(11-9-22)45-32(3,33)34)30(42)36-25(16-21-6-4-5-7-21)29(41)31(2)19-44-31/h8-11,20-21,24-25,28,40H,4-7,12-19H2,1-3H3,(H,35,39)(H,36,42). The van der Waals surface area contributed by atoms with Gasteiger partial charge in [-0.25, -0.2) is 0 Å². The molecule has 13 heteroatoms. The molecule has 2 saturated heterocycles. The van der Waals surface area contributed by atoms with Crippen molar-refractivity contribution in [2.45, 2.75) is 89.2 Å². The zero-order valence-electron chi connectivity index (χ0n) is 26.2. The Bertz CT molecular complexity index is 1190. The summed E-state index contributed by atoms with van der Waals surface area (Å²) >= 11 is 0. The van der Waals surface area contributed by atoms with Crippen molar-refractivity contribution in [1.82, 2.24) is 15.5 Å². The molecule has 3 fully saturated rings. The number of hydrogen-bond donors (Lipinski definition) is 3. The van der Waals surface area contributed by atoms with Crippen LogP contribution in [0.3, 0.4) is 0 Å². The molecule has 11 nitrogen and oxygen atoms in total. The lowest BCUT2D eigenvalue weighted by Crippen LogP contribution is -2.50. The van der Waals surface area contributed by atoms with Crippen LogP contribution >= 0.6 is 0 Å². The summed E-state index contributed by atoms with van der Waals surface area (Å²) in [7, 11) is 0. The molecule has 3 N–H and O–H groups in total. The number of amides is 2. The quantitative estimate of drug-likeness (QED) is 0.233. The van der Waals surface area contributed by atoms with E-state index in [0.717, 1.165) is 25.7 Å². The smallest absolute Gasteiger partial charge is 0.394 e. The Balaban J connectivity index is 1.50. The number of nitrogens with one attached hydrogen (secondary N) is 2. The molecular formula is C32H45F2N3O8. The fourth-order valence-electron chi connectivity index (χ4n) is 5.95. The van der Waals surface area contributed by atoms with Gasteiger partial charge in [-0.15, -0.1) is 0 Å². The highest BCUT2D eigenvalue weighted by Gasteiger charge is 2.50. The first-order chi connectivity index (χ1) is 21.2. The molecule has 0 radical (unpaired) electrons. The van der Waals surface area contributed by atoms with E-state index in [-0.39, 0.29) is 42.1 Å². The molecule has 0 bridgehead atoms. The molecule has 1 aromatic carbocycles. The lowest BCUT2D eigenvalue weighted by molar-refractivity contribution is -0.159. The fourth-order valence-corrected chi connectivity index (χ4v) is 5.95. The van der Waals surface area contributed by atoms with E-state index in [1.807, 2.05) is 4.90 Å². The minimum absolute atomic E-state index is 0.0878. The van der Waals surface area contributed by atoms with Crippen LogP contribution in [-0.2, 0) is 28.7 Å². The molecule has 3 aliphatic rings. The number of alkyl halides is 2. The van der Waals surface area contributed by atoms with Gasteiger partial charge in [0.1, 0.15) is 11.4 Å². The lowest BCUT2D eigenvalue weighted by Gasteiger charge is -2.28. The van der Waals surface area contributed by atoms with Crippen molar-refractivity contribution in [1.29, 1.82) is 0 Å². The van der Waals surface area contributed by atoms with Gasteiger partial charge in [-0.1, -0.05) is 37.8 Å². The van der Waals surface area contributed by atoms with Crippen molar-refractivity contribution in [2.24, 2.45) is 11.8 Å². The van der Waals surface area contributed by atoms with Gasteiger partial charge >= 0.3 is 6.11 Å². The number of ether oxygens (including phenoxy) is 3. The number of ketones is 2. The summed E-state index contributed by atoms with van der Waals surface area (Å²) in [5, 5.41) is 16.9. The van der Waals surface area contributed by atoms with E-state index in [9.17, 15) is 33.1 Å². The van der Waals surface area contributed by atoms with Gasteiger partial charge in [-0.05, 0) is 43.9 Å². The van der Waals surface area contributed by atoms with Crippen molar-refractivity contribution in [3.05, 3.63) is 29.8 Å². The molecule has 0 aromatic heterocycles. The molecule has 4 rings (SSSR count). The van der Waals surface area contributed by atoms with Gasteiger partial charge in [-0.2, -0.15) is 8.78 Å². The normalized spacial score (nSPS) is 23.4. The number of nitrogens with zero attached hydrogens (tertiary/aromatic N) is 1. The number of epoxide rings is 1. The van der Waals surface area contributed by atoms with Crippen LogP contribution in [0.4, 0.5) is 8.78 Å². The highest BCUT2D eigenvalue weighted by atomic mass is 19.3. The van der Waals surface area contributed by atoms with Crippen LogP contribution in [0.15, 0.2) is 24.3 Å². The predicted octanol–water partition coefficient (Wildman–Crippen LogP) is 2.55. The summed E-state index contributed by atoms with van der Waals surface area (Å²) in [6.45, 7) is 6.33. The molecule has 45 heavy (non-hydrogen) atoms. The third-order valence-corrected chi connectivity index (χ3v) is 8.76. The van der Waals surface area contributed by atoms with E-state index in [1.54, 1.807) is 6.92 Å². The van der Waals surface area contributed by atoms with Gasteiger partial charge < -0.3 is 30.0 Å². The highest BCUT2D eigenvalue weighted by molar-refractivity contribution is 5.98. The van der Waals surface area contributed by atoms with Crippen LogP contribution in [0, 0.1) is 11.8 Å². The molecule has 2 amide bonds. The number of Topliss-reactive ketones (excluding diaryl/α,β-unsaturated/α-hetero) is 2. The summed E-state index contributed by atoms with van der Waals surface area (Å²) in [6, 6.07) is 3.32. The number of aliphatic hydroxyl groups is 1. The number of halogens is 2. The zero-order valence-corrected chi connectivity index (χ0v) is 26.2. The summed E-state index contributed by atoms with van der Waals surface area (Å²) in [6.07, 6.45) is -1.01. The van der Waals surface area contributed by atoms with E-state index >= 15 is 0 Å². The third-order valence-electron chi connectivity index (χ3n) is 8.76.